The Kier molecular flexibility index (Phi) is 3.82. The van der Waals surface area contributed by atoms with Crippen LogP contribution in [0.25, 0.3) is 0 Å². The molecule has 0 unspecified atom stereocenters. The van der Waals surface area contributed by atoms with Gasteiger partial charge in [0.15, 0.2) is 0 Å². The van der Waals surface area contributed by atoms with Crippen LogP contribution in [0.5, 0.6) is 0 Å². The Bertz CT molecular complexity index is 1250. The van der Waals surface area contributed by atoms with Crippen LogP contribution in [0.15, 0.2) is 60.7 Å². The van der Waals surface area contributed by atoms with Gasteiger partial charge in [0.25, 0.3) is 0 Å². The molecule has 4 fully saturated rings. The molecule has 0 spiro atoms. The van der Waals surface area contributed by atoms with Crippen LogP contribution < -0.4 is 9.80 Å². The molecule has 170 valence electrons. The monoisotopic (exact) mass is 452 g/mol. The third-order valence-corrected chi connectivity index (χ3v) is 8.93. The minimum absolute atomic E-state index is 0.0668. The second kappa shape index (κ2) is 6.53. The van der Waals surface area contributed by atoms with E-state index < -0.39 is 23.7 Å². The fourth-order valence-corrected chi connectivity index (χ4v) is 7.50. The highest BCUT2D eigenvalue weighted by molar-refractivity contribution is 6.25. The molecule has 2 aromatic rings. The van der Waals surface area contributed by atoms with Gasteiger partial charge in [0.05, 0.1) is 35.0 Å². The SMILES string of the molecule is Cc1ccc(N2C(=O)[C@@H]3[C@@H]4C=C[C@@H]([C@@H]3C2=O)[C@H]2[C@H]3C(=O)N(c5ccc(C)cc5)C(=O)[C@@H]3[C@H]42)cc1. The van der Waals surface area contributed by atoms with E-state index in [1.54, 1.807) is 0 Å². The molecule has 34 heavy (non-hydrogen) atoms. The van der Waals surface area contributed by atoms with E-state index in [1.807, 2.05) is 74.5 Å². The summed E-state index contributed by atoms with van der Waals surface area (Å²) in [7, 11) is 0. The Hall–Kier alpha value is -3.54. The van der Waals surface area contributed by atoms with Crippen LogP contribution in [0.1, 0.15) is 11.1 Å². The van der Waals surface area contributed by atoms with E-state index in [0.717, 1.165) is 11.1 Å². The van der Waals surface area contributed by atoms with Gasteiger partial charge in [-0.05, 0) is 61.8 Å². The Morgan fingerprint density at radius 2 is 0.824 bits per heavy atom. The maximum Gasteiger partial charge on any atom is 0.238 e. The van der Waals surface area contributed by atoms with Crippen LogP contribution >= 0.6 is 0 Å². The Balaban J connectivity index is 1.25. The van der Waals surface area contributed by atoms with Crippen LogP contribution in [0.4, 0.5) is 11.4 Å². The summed E-state index contributed by atoms with van der Waals surface area (Å²) in [4.78, 5) is 56.7. The standard InChI is InChI=1S/C28H24N2O4/c1-13-3-7-15(8-4-13)29-25(31)21-17-11-12-18(22(21)26(29)32)20-19(17)23-24(20)28(34)30(27(23)33)16-9-5-14(2)6-10-16/h3-12,17-24H,1-2H3/t17-,18-,19-,20-,21-,22+,23-,24-/m1/s1. The lowest BCUT2D eigenvalue weighted by atomic mass is 9.40. The summed E-state index contributed by atoms with van der Waals surface area (Å²) in [5.74, 6) is -2.92. The number of amides is 4. The molecule has 0 aromatic heterocycles. The number of imide groups is 2. The molecule has 2 bridgehead atoms. The summed E-state index contributed by atoms with van der Waals surface area (Å²) in [5, 5.41) is 0. The largest absolute Gasteiger partial charge is 0.274 e. The second-order valence-corrected chi connectivity index (χ2v) is 10.5. The quantitative estimate of drug-likeness (QED) is 0.518. The highest BCUT2D eigenvalue weighted by Crippen LogP contribution is 2.68. The molecule has 2 saturated heterocycles. The van der Waals surface area contributed by atoms with Crippen molar-refractivity contribution in [3.05, 3.63) is 71.8 Å². The minimum Gasteiger partial charge on any atom is -0.274 e. The van der Waals surface area contributed by atoms with Crippen molar-refractivity contribution in [1.29, 1.82) is 0 Å². The minimum atomic E-state index is -0.456. The van der Waals surface area contributed by atoms with Gasteiger partial charge in [-0.2, -0.15) is 0 Å². The predicted molar refractivity (Wildman–Crippen MR) is 124 cm³/mol. The number of hydrogen-bond acceptors (Lipinski definition) is 4. The van der Waals surface area contributed by atoms with Gasteiger partial charge in [-0.25, -0.2) is 0 Å². The number of carbonyl (C=O) groups excluding carboxylic acids is 4. The summed E-state index contributed by atoms with van der Waals surface area (Å²) >= 11 is 0. The number of carbonyl (C=O) groups is 4. The van der Waals surface area contributed by atoms with Gasteiger partial charge in [0.2, 0.25) is 23.6 Å². The molecule has 0 N–H and O–H groups in total. The summed E-state index contributed by atoms with van der Waals surface area (Å²) in [6.45, 7) is 3.93. The van der Waals surface area contributed by atoms with E-state index in [1.165, 1.54) is 9.80 Å². The van der Waals surface area contributed by atoms with Gasteiger partial charge < -0.3 is 0 Å². The van der Waals surface area contributed by atoms with Crippen molar-refractivity contribution in [1.82, 2.24) is 0 Å². The van der Waals surface area contributed by atoms with Gasteiger partial charge in [0.1, 0.15) is 0 Å². The predicted octanol–water partition coefficient (Wildman–Crippen LogP) is 3.28. The second-order valence-electron chi connectivity index (χ2n) is 10.5. The third kappa shape index (κ3) is 2.26. The van der Waals surface area contributed by atoms with Gasteiger partial charge in [0, 0.05) is 0 Å². The Morgan fingerprint density at radius 1 is 0.500 bits per heavy atom. The number of anilines is 2. The van der Waals surface area contributed by atoms with E-state index in [-0.39, 0.29) is 47.3 Å². The molecule has 2 aliphatic heterocycles. The number of allylic oxidation sites excluding steroid dienone is 2. The van der Waals surface area contributed by atoms with Crippen molar-refractivity contribution in [3.63, 3.8) is 0 Å². The lowest BCUT2D eigenvalue weighted by Crippen LogP contribution is -2.63. The van der Waals surface area contributed by atoms with Crippen molar-refractivity contribution in [3.8, 4) is 0 Å². The van der Waals surface area contributed by atoms with Crippen molar-refractivity contribution < 1.29 is 19.2 Å². The lowest BCUT2D eigenvalue weighted by Gasteiger charge is -2.60. The molecule has 2 aromatic carbocycles. The first-order valence-corrected chi connectivity index (χ1v) is 12.0. The summed E-state index contributed by atoms with van der Waals surface area (Å²) in [6, 6.07) is 14.8. The molecular formula is C28H24N2O4. The van der Waals surface area contributed by atoms with Crippen LogP contribution in [0.3, 0.4) is 0 Å². The van der Waals surface area contributed by atoms with Gasteiger partial charge in [-0.1, -0.05) is 47.5 Å². The zero-order chi connectivity index (χ0) is 23.5. The highest BCUT2D eigenvalue weighted by Gasteiger charge is 2.75. The molecule has 2 saturated carbocycles. The first-order chi connectivity index (χ1) is 16.4. The summed E-state index contributed by atoms with van der Waals surface area (Å²) < 4.78 is 0. The number of rotatable bonds is 2. The lowest BCUT2D eigenvalue weighted by molar-refractivity contribution is -0.166. The highest BCUT2D eigenvalue weighted by atomic mass is 16.2. The van der Waals surface area contributed by atoms with Crippen molar-refractivity contribution in [2.24, 2.45) is 47.3 Å². The molecule has 4 amide bonds. The van der Waals surface area contributed by atoms with E-state index in [0.29, 0.717) is 11.4 Å². The summed E-state index contributed by atoms with van der Waals surface area (Å²) in [5.41, 5.74) is 3.32. The van der Waals surface area contributed by atoms with E-state index >= 15 is 0 Å². The average Bonchev–Trinajstić information content (AvgIpc) is 3.19. The number of aryl methyl sites for hydroxylation is 2. The molecule has 8 rings (SSSR count). The van der Waals surface area contributed by atoms with Crippen molar-refractivity contribution in [2.75, 3.05) is 9.80 Å². The molecule has 2 heterocycles. The van der Waals surface area contributed by atoms with E-state index in [4.69, 9.17) is 0 Å². The topological polar surface area (TPSA) is 74.8 Å². The van der Waals surface area contributed by atoms with Crippen LogP contribution in [-0.2, 0) is 19.2 Å². The molecular weight excluding hydrogens is 428 g/mol. The van der Waals surface area contributed by atoms with Gasteiger partial charge >= 0.3 is 0 Å². The molecule has 6 aliphatic rings. The molecule has 6 heteroatoms. The first-order valence-electron chi connectivity index (χ1n) is 12.0. The van der Waals surface area contributed by atoms with E-state index in [2.05, 4.69) is 0 Å². The van der Waals surface area contributed by atoms with E-state index in [9.17, 15) is 19.2 Å². The Labute approximate surface area is 197 Å². The zero-order valence-electron chi connectivity index (χ0n) is 18.9. The average molecular weight is 453 g/mol. The maximum absolute atomic E-state index is 13.6. The van der Waals surface area contributed by atoms with Crippen molar-refractivity contribution >= 4 is 35.0 Å². The first kappa shape index (κ1) is 19.9. The number of hydrogen-bond donors (Lipinski definition) is 0. The van der Waals surface area contributed by atoms with Crippen LogP contribution in [0.2, 0.25) is 0 Å². The zero-order valence-corrected chi connectivity index (χ0v) is 18.9. The maximum atomic E-state index is 13.6. The molecule has 4 aliphatic carbocycles. The Morgan fingerprint density at radius 3 is 1.18 bits per heavy atom. The van der Waals surface area contributed by atoms with Gasteiger partial charge in [-0.15, -0.1) is 0 Å². The number of nitrogens with zero attached hydrogens (tertiary/aromatic N) is 2. The fraction of sp³-hybridized carbons (Fsp3) is 0.357. The molecule has 6 nitrogen and oxygen atoms in total. The fourth-order valence-electron chi connectivity index (χ4n) is 7.50. The number of fused-ring (bicyclic) bond motifs is 1. The molecule has 8 atom stereocenters. The van der Waals surface area contributed by atoms with Crippen molar-refractivity contribution in [2.45, 2.75) is 13.8 Å². The smallest absolute Gasteiger partial charge is 0.238 e. The van der Waals surface area contributed by atoms with Crippen LogP contribution in [0, 0.1) is 61.2 Å². The third-order valence-electron chi connectivity index (χ3n) is 8.93. The normalized spacial score (nSPS) is 37.1. The molecule has 0 radical (unpaired) electrons. The summed E-state index contributed by atoms with van der Waals surface area (Å²) in [6.07, 6.45) is 4.08. The number of benzene rings is 2. The van der Waals surface area contributed by atoms with Gasteiger partial charge in [-0.3, -0.25) is 29.0 Å². The van der Waals surface area contributed by atoms with Crippen LogP contribution in [-0.4, -0.2) is 23.6 Å².